The summed E-state index contributed by atoms with van der Waals surface area (Å²) in [5.74, 6) is -0.378. The van der Waals surface area contributed by atoms with Gasteiger partial charge < -0.3 is 4.74 Å². The van der Waals surface area contributed by atoms with Gasteiger partial charge in [0.25, 0.3) is 0 Å². The lowest BCUT2D eigenvalue weighted by Gasteiger charge is -2.27. The van der Waals surface area contributed by atoms with E-state index in [1.165, 1.54) is 19.2 Å². The van der Waals surface area contributed by atoms with Crippen molar-refractivity contribution in [3.05, 3.63) is 35.6 Å². The Hall–Kier alpha value is -1.42. The van der Waals surface area contributed by atoms with Crippen LogP contribution in [-0.4, -0.2) is 19.1 Å². The summed E-state index contributed by atoms with van der Waals surface area (Å²) in [5.41, 5.74) is 0.999. The van der Waals surface area contributed by atoms with Gasteiger partial charge in [0.2, 0.25) is 0 Å². The molecule has 0 bridgehead atoms. The SMILES string of the molecule is CCCCC(N[C@H](C(=O)OC)C(C)C)c1ccc(F)cc1. The first-order valence-corrected chi connectivity index (χ1v) is 7.58. The van der Waals surface area contributed by atoms with Crippen molar-refractivity contribution in [2.75, 3.05) is 7.11 Å². The third kappa shape index (κ3) is 5.46. The first-order valence-electron chi connectivity index (χ1n) is 7.58. The molecule has 2 atom stereocenters. The summed E-state index contributed by atoms with van der Waals surface area (Å²) < 4.78 is 18.0. The molecule has 0 fully saturated rings. The third-order valence-corrected chi connectivity index (χ3v) is 3.62. The molecule has 3 nitrogen and oxygen atoms in total. The number of unbranched alkanes of at least 4 members (excludes halogenated alkanes) is 1. The minimum absolute atomic E-state index is 0.0250. The Labute approximate surface area is 126 Å². The lowest BCUT2D eigenvalue weighted by molar-refractivity contribution is -0.144. The Kier molecular flexibility index (Phi) is 7.37. The minimum Gasteiger partial charge on any atom is -0.468 e. The summed E-state index contributed by atoms with van der Waals surface area (Å²) in [7, 11) is 1.40. The molecule has 0 heterocycles. The maximum absolute atomic E-state index is 13.1. The van der Waals surface area contributed by atoms with Crippen molar-refractivity contribution in [1.29, 1.82) is 0 Å². The highest BCUT2D eigenvalue weighted by Crippen LogP contribution is 2.22. The first kappa shape index (κ1) is 17.6. The number of carbonyl (C=O) groups excluding carboxylic acids is 1. The second-order valence-corrected chi connectivity index (χ2v) is 5.66. The fourth-order valence-electron chi connectivity index (χ4n) is 2.33. The van der Waals surface area contributed by atoms with E-state index in [4.69, 9.17) is 4.74 Å². The molecule has 0 saturated carbocycles. The Morgan fingerprint density at radius 2 is 1.90 bits per heavy atom. The predicted octanol–water partition coefficient (Wildman–Crippen LogP) is 3.84. The fourth-order valence-corrected chi connectivity index (χ4v) is 2.33. The minimum atomic E-state index is -0.359. The average Bonchev–Trinajstić information content (AvgIpc) is 2.47. The van der Waals surface area contributed by atoms with Crippen LogP contribution in [0, 0.1) is 11.7 Å². The molecule has 1 rings (SSSR count). The summed E-state index contributed by atoms with van der Waals surface area (Å²) >= 11 is 0. The van der Waals surface area contributed by atoms with E-state index in [1.807, 2.05) is 13.8 Å². The number of esters is 1. The van der Waals surface area contributed by atoms with Gasteiger partial charge in [-0.25, -0.2) is 4.39 Å². The summed E-state index contributed by atoms with van der Waals surface area (Å²) in [4.78, 5) is 11.9. The number of methoxy groups -OCH3 is 1. The molecule has 0 aromatic heterocycles. The van der Waals surface area contributed by atoms with Crippen LogP contribution < -0.4 is 5.32 Å². The van der Waals surface area contributed by atoms with E-state index in [1.54, 1.807) is 12.1 Å². The van der Waals surface area contributed by atoms with E-state index in [0.29, 0.717) is 0 Å². The number of hydrogen-bond acceptors (Lipinski definition) is 3. The molecular weight excluding hydrogens is 269 g/mol. The van der Waals surface area contributed by atoms with Crippen molar-refractivity contribution < 1.29 is 13.9 Å². The van der Waals surface area contributed by atoms with Crippen LogP contribution in [0.25, 0.3) is 0 Å². The van der Waals surface area contributed by atoms with Gasteiger partial charge in [-0.05, 0) is 30.0 Å². The van der Waals surface area contributed by atoms with Gasteiger partial charge in [-0.15, -0.1) is 0 Å². The molecule has 0 radical (unpaired) electrons. The zero-order chi connectivity index (χ0) is 15.8. The van der Waals surface area contributed by atoms with Gasteiger partial charge in [0, 0.05) is 6.04 Å². The van der Waals surface area contributed by atoms with Crippen LogP contribution in [0.5, 0.6) is 0 Å². The highest BCUT2D eigenvalue weighted by atomic mass is 19.1. The number of nitrogens with one attached hydrogen (secondary N) is 1. The monoisotopic (exact) mass is 295 g/mol. The first-order chi connectivity index (χ1) is 9.99. The highest BCUT2D eigenvalue weighted by Gasteiger charge is 2.26. The second kappa shape index (κ2) is 8.78. The van der Waals surface area contributed by atoms with E-state index in [0.717, 1.165) is 24.8 Å². The molecule has 1 aromatic rings. The quantitative estimate of drug-likeness (QED) is 0.740. The smallest absolute Gasteiger partial charge is 0.323 e. The van der Waals surface area contributed by atoms with Crippen LogP contribution >= 0.6 is 0 Å². The van der Waals surface area contributed by atoms with Gasteiger partial charge in [0.1, 0.15) is 11.9 Å². The summed E-state index contributed by atoms with van der Waals surface area (Å²) in [6.45, 7) is 6.09. The number of hydrogen-bond donors (Lipinski definition) is 1. The average molecular weight is 295 g/mol. The Balaban J connectivity index is 2.90. The zero-order valence-corrected chi connectivity index (χ0v) is 13.4. The van der Waals surface area contributed by atoms with Crippen molar-refractivity contribution >= 4 is 5.97 Å². The lowest BCUT2D eigenvalue weighted by Crippen LogP contribution is -2.43. The van der Waals surface area contributed by atoms with Gasteiger partial charge in [-0.1, -0.05) is 45.7 Å². The van der Waals surface area contributed by atoms with Crippen molar-refractivity contribution in [3.63, 3.8) is 0 Å². The molecule has 0 aliphatic carbocycles. The molecule has 0 amide bonds. The van der Waals surface area contributed by atoms with E-state index >= 15 is 0 Å². The predicted molar refractivity (Wildman–Crippen MR) is 82.4 cm³/mol. The van der Waals surface area contributed by atoms with Gasteiger partial charge >= 0.3 is 5.97 Å². The van der Waals surface area contributed by atoms with Crippen molar-refractivity contribution in [2.24, 2.45) is 5.92 Å². The number of ether oxygens (including phenoxy) is 1. The van der Waals surface area contributed by atoms with Gasteiger partial charge in [0.15, 0.2) is 0 Å². The molecular formula is C17H26FNO2. The Bertz CT molecular complexity index is 431. The second-order valence-electron chi connectivity index (χ2n) is 5.66. The standard InChI is InChI=1S/C17H26FNO2/c1-5-6-7-15(13-8-10-14(18)11-9-13)19-16(12(2)3)17(20)21-4/h8-12,15-16,19H,5-7H2,1-4H3/t15?,16-/m0/s1. The van der Waals surface area contributed by atoms with Crippen molar-refractivity contribution in [2.45, 2.75) is 52.1 Å². The largest absolute Gasteiger partial charge is 0.468 e. The van der Waals surface area contributed by atoms with E-state index < -0.39 is 0 Å². The maximum Gasteiger partial charge on any atom is 0.323 e. The summed E-state index contributed by atoms with van der Waals surface area (Å²) in [6, 6.07) is 6.13. The summed E-state index contributed by atoms with van der Waals surface area (Å²) in [6.07, 6.45) is 3.02. The van der Waals surface area contributed by atoms with Gasteiger partial charge in [-0.3, -0.25) is 10.1 Å². The van der Waals surface area contributed by atoms with Gasteiger partial charge in [0.05, 0.1) is 7.11 Å². The lowest BCUT2D eigenvalue weighted by atomic mass is 9.97. The van der Waals surface area contributed by atoms with Crippen LogP contribution in [0.2, 0.25) is 0 Å². The van der Waals surface area contributed by atoms with Gasteiger partial charge in [-0.2, -0.15) is 0 Å². The highest BCUT2D eigenvalue weighted by molar-refractivity contribution is 5.76. The fraction of sp³-hybridized carbons (Fsp3) is 0.588. The molecule has 1 N–H and O–H groups in total. The van der Waals surface area contributed by atoms with Crippen LogP contribution in [0.4, 0.5) is 4.39 Å². The molecule has 0 aliphatic heterocycles. The number of benzene rings is 1. The maximum atomic E-state index is 13.1. The van der Waals surface area contributed by atoms with E-state index in [-0.39, 0.29) is 29.8 Å². The Morgan fingerprint density at radius 1 is 1.29 bits per heavy atom. The van der Waals surface area contributed by atoms with E-state index in [9.17, 15) is 9.18 Å². The van der Waals surface area contributed by atoms with E-state index in [2.05, 4.69) is 12.2 Å². The van der Waals surface area contributed by atoms with Crippen LogP contribution in [0.15, 0.2) is 24.3 Å². The molecule has 0 saturated heterocycles. The normalized spacial score (nSPS) is 14.0. The molecule has 0 aliphatic rings. The third-order valence-electron chi connectivity index (χ3n) is 3.62. The Morgan fingerprint density at radius 3 is 2.38 bits per heavy atom. The molecule has 118 valence electrons. The number of rotatable bonds is 8. The molecule has 0 spiro atoms. The molecule has 4 heteroatoms. The zero-order valence-electron chi connectivity index (χ0n) is 13.4. The molecule has 1 aromatic carbocycles. The molecule has 1 unspecified atom stereocenters. The topological polar surface area (TPSA) is 38.3 Å². The summed E-state index contributed by atoms with van der Waals surface area (Å²) in [5, 5.41) is 3.38. The van der Waals surface area contributed by atoms with Crippen LogP contribution in [0.3, 0.4) is 0 Å². The number of carbonyl (C=O) groups is 1. The van der Waals surface area contributed by atoms with Crippen LogP contribution in [-0.2, 0) is 9.53 Å². The molecule has 21 heavy (non-hydrogen) atoms. The van der Waals surface area contributed by atoms with Crippen molar-refractivity contribution in [1.82, 2.24) is 5.32 Å². The number of halogens is 1. The van der Waals surface area contributed by atoms with Crippen molar-refractivity contribution in [3.8, 4) is 0 Å². The van der Waals surface area contributed by atoms with Crippen LogP contribution in [0.1, 0.15) is 51.6 Å².